The van der Waals surface area contributed by atoms with Crippen LogP contribution in [-0.4, -0.2) is 0 Å². The van der Waals surface area contributed by atoms with E-state index in [1.54, 1.807) is 0 Å². The van der Waals surface area contributed by atoms with Crippen molar-refractivity contribution < 1.29 is 4.42 Å². The van der Waals surface area contributed by atoms with E-state index in [-0.39, 0.29) is 27.1 Å². The molecule has 0 N–H and O–H groups in total. The smallest absolute Gasteiger partial charge is 0.137 e. The van der Waals surface area contributed by atoms with Gasteiger partial charge in [-0.05, 0) is 191 Å². The highest BCUT2D eigenvalue weighted by molar-refractivity contribution is 6.30. The SMILES string of the molecule is Cc1cc(N(c2cccc(Cl)c2)c2cc3c(cc2C)C(C)(C)CCC3(C)C)cc(N(c2ccc3c(c2)oc2ccc(C(C)(C)C)cc23)c2cc3c(cc2C)C(C)(C)CCC3(C)C)c1. The highest BCUT2D eigenvalue weighted by atomic mass is 35.5. The van der Waals surface area contributed by atoms with Crippen LogP contribution in [0.2, 0.25) is 5.02 Å². The zero-order valence-electron chi connectivity index (χ0n) is 40.3. The minimum absolute atomic E-state index is 0.0348. The van der Waals surface area contributed by atoms with Gasteiger partial charge >= 0.3 is 0 Å². The van der Waals surface area contributed by atoms with E-state index < -0.39 is 0 Å². The van der Waals surface area contributed by atoms with Crippen molar-refractivity contribution in [2.45, 2.75) is 150 Å². The molecule has 6 aromatic carbocycles. The summed E-state index contributed by atoms with van der Waals surface area (Å²) in [6, 6.07) is 38.9. The Labute approximate surface area is 382 Å². The minimum Gasteiger partial charge on any atom is -0.456 e. The van der Waals surface area contributed by atoms with E-state index in [1.807, 2.05) is 6.07 Å². The fourth-order valence-corrected chi connectivity index (χ4v) is 10.9. The number of rotatable bonds is 6. The van der Waals surface area contributed by atoms with E-state index in [2.05, 4.69) is 204 Å². The summed E-state index contributed by atoms with van der Waals surface area (Å²) in [5.74, 6) is 0. The molecular weight excluding hydrogens is 788 g/mol. The molecule has 0 atom stereocenters. The van der Waals surface area contributed by atoms with Gasteiger partial charge in [-0.3, -0.25) is 0 Å². The van der Waals surface area contributed by atoms with Gasteiger partial charge in [-0.2, -0.15) is 0 Å². The minimum atomic E-state index is 0.0348. The number of anilines is 6. The van der Waals surface area contributed by atoms with Crippen LogP contribution in [0.15, 0.2) is 108 Å². The maximum atomic E-state index is 6.86. The highest BCUT2D eigenvalue weighted by Crippen LogP contribution is 2.52. The first kappa shape index (κ1) is 43.3. The van der Waals surface area contributed by atoms with Crippen LogP contribution in [0.3, 0.4) is 0 Å². The molecule has 0 radical (unpaired) electrons. The standard InChI is InChI=1S/C59H67ClN2O/c1-36-26-43(61(41-17-15-16-40(60)31-41)51-34-49-47(28-37(51)2)56(7,8)22-24-58(49,11)12)32-44(27-36)62(52-35-50-48(29-38(52)3)57(9,10)23-25-59(50,13)14)42-19-20-45-46-30-39(55(4,5)6)18-21-53(46)63-54(45)33-42/h15-21,26-35H,22-25H2,1-14H3. The Morgan fingerprint density at radius 2 is 0.968 bits per heavy atom. The summed E-state index contributed by atoms with van der Waals surface area (Å²) < 4.78 is 6.72. The number of nitrogens with zero attached hydrogens (tertiary/aromatic N) is 2. The van der Waals surface area contributed by atoms with Crippen LogP contribution in [0, 0.1) is 20.8 Å². The Morgan fingerprint density at radius 1 is 0.476 bits per heavy atom. The largest absolute Gasteiger partial charge is 0.456 e. The number of fused-ring (bicyclic) bond motifs is 5. The Kier molecular flexibility index (Phi) is 10.1. The number of halogens is 1. The topological polar surface area (TPSA) is 19.6 Å². The van der Waals surface area contributed by atoms with Gasteiger partial charge in [0.25, 0.3) is 0 Å². The second kappa shape index (κ2) is 14.8. The number of hydrogen-bond donors (Lipinski definition) is 0. The molecule has 4 heteroatoms. The van der Waals surface area contributed by atoms with Gasteiger partial charge in [-0.25, -0.2) is 0 Å². The lowest BCUT2D eigenvalue weighted by Gasteiger charge is -2.43. The van der Waals surface area contributed by atoms with E-state index in [1.165, 1.54) is 68.7 Å². The van der Waals surface area contributed by atoms with Crippen LogP contribution in [-0.2, 0) is 27.1 Å². The summed E-state index contributed by atoms with van der Waals surface area (Å²) >= 11 is 6.86. The molecule has 1 heterocycles. The fourth-order valence-electron chi connectivity index (χ4n) is 10.7. The Bertz CT molecular complexity index is 2950. The molecule has 2 aliphatic rings. The zero-order chi connectivity index (χ0) is 45.2. The van der Waals surface area contributed by atoms with E-state index in [9.17, 15) is 0 Å². The summed E-state index contributed by atoms with van der Waals surface area (Å²) in [6.07, 6.45) is 4.65. The second-order valence-electron chi connectivity index (χ2n) is 22.8. The van der Waals surface area contributed by atoms with E-state index in [0.717, 1.165) is 57.5 Å². The van der Waals surface area contributed by atoms with Crippen LogP contribution in [0.25, 0.3) is 21.9 Å². The van der Waals surface area contributed by atoms with Crippen molar-refractivity contribution in [2.75, 3.05) is 9.80 Å². The lowest BCUT2D eigenvalue weighted by atomic mass is 9.63. The van der Waals surface area contributed by atoms with Crippen LogP contribution in [0.4, 0.5) is 34.1 Å². The molecule has 0 aliphatic heterocycles. The molecule has 7 aromatic rings. The van der Waals surface area contributed by atoms with Crippen molar-refractivity contribution in [2.24, 2.45) is 0 Å². The third kappa shape index (κ3) is 7.57. The van der Waals surface area contributed by atoms with Gasteiger partial charge in [0.2, 0.25) is 0 Å². The molecule has 2 aliphatic carbocycles. The van der Waals surface area contributed by atoms with Gasteiger partial charge in [0, 0.05) is 56.0 Å². The molecule has 0 unspecified atom stereocenters. The molecular formula is C59H67ClN2O. The molecule has 326 valence electrons. The molecule has 0 spiro atoms. The van der Waals surface area contributed by atoms with Gasteiger partial charge in [0.1, 0.15) is 11.2 Å². The van der Waals surface area contributed by atoms with Crippen molar-refractivity contribution in [3.8, 4) is 0 Å². The van der Waals surface area contributed by atoms with E-state index in [0.29, 0.717) is 5.02 Å². The molecule has 0 amide bonds. The van der Waals surface area contributed by atoms with Crippen LogP contribution >= 0.6 is 11.6 Å². The summed E-state index contributed by atoms with van der Waals surface area (Å²) in [5.41, 5.74) is 19.6. The Balaban J connectivity index is 1.30. The maximum absolute atomic E-state index is 6.86. The monoisotopic (exact) mass is 854 g/mol. The first-order valence-corrected chi connectivity index (χ1v) is 23.6. The second-order valence-corrected chi connectivity index (χ2v) is 23.3. The molecule has 0 saturated carbocycles. The number of aryl methyl sites for hydroxylation is 3. The van der Waals surface area contributed by atoms with Crippen molar-refractivity contribution in [1.82, 2.24) is 0 Å². The number of hydrogen-bond acceptors (Lipinski definition) is 3. The van der Waals surface area contributed by atoms with Crippen LogP contribution < -0.4 is 9.80 Å². The Hall–Kier alpha value is -4.99. The number of benzene rings is 6. The summed E-state index contributed by atoms with van der Waals surface area (Å²) in [5, 5.41) is 3.01. The molecule has 0 fully saturated rings. The van der Waals surface area contributed by atoms with Crippen molar-refractivity contribution >= 4 is 67.7 Å². The van der Waals surface area contributed by atoms with Crippen LogP contribution in [0.5, 0.6) is 0 Å². The lowest BCUT2D eigenvalue weighted by Crippen LogP contribution is -2.34. The van der Waals surface area contributed by atoms with Crippen LogP contribution in [0.1, 0.15) is 146 Å². The fraction of sp³-hybridized carbons (Fsp3) is 0.390. The summed E-state index contributed by atoms with van der Waals surface area (Å²) in [7, 11) is 0. The average molecular weight is 856 g/mol. The predicted octanol–water partition coefficient (Wildman–Crippen LogP) is 18.1. The molecule has 9 rings (SSSR count). The van der Waals surface area contributed by atoms with Crippen molar-refractivity contribution in [3.05, 3.63) is 153 Å². The lowest BCUT2D eigenvalue weighted by molar-refractivity contribution is 0.332. The zero-order valence-corrected chi connectivity index (χ0v) is 41.1. The summed E-state index contributed by atoms with van der Waals surface area (Å²) in [4.78, 5) is 4.92. The maximum Gasteiger partial charge on any atom is 0.137 e. The van der Waals surface area contributed by atoms with E-state index in [4.69, 9.17) is 16.0 Å². The third-order valence-corrected chi connectivity index (χ3v) is 15.3. The number of furan rings is 1. The average Bonchev–Trinajstić information content (AvgIpc) is 3.56. The molecule has 0 saturated heterocycles. The Morgan fingerprint density at radius 3 is 1.46 bits per heavy atom. The van der Waals surface area contributed by atoms with E-state index >= 15 is 0 Å². The molecule has 0 bridgehead atoms. The molecule has 3 nitrogen and oxygen atoms in total. The van der Waals surface area contributed by atoms with Crippen molar-refractivity contribution in [3.63, 3.8) is 0 Å². The summed E-state index contributed by atoms with van der Waals surface area (Å²) in [6.45, 7) is 32.9. The third-order valence-electron chi connectivity index (χ3n) is 15.0. The van der Waals surface area contributed by atoms with Gasteiger partial charge < -0.3 is 14.2 Å². The predicted molar refractivity (Wildman–Crippen MR) is 272 cm³/mol. The first-order valence-electron chi connectivity index (χ1n) is 23.2. The van der Waals surface area contributed by atoms with Gasteiger partial charge in [0.15, 0.2) is 0 Å². The van der Waals surface area contributed by atoms with Gasteiger partial charge in [0.05, 0.1) is 0 Å². The normalized spacial score (nSPS) is 17.4. The first-order chi connectivity index (χ1) is 29.4. The van der Waals surface area contributed by atoms with Crippen molar-refractivity contribution in [1.29, 1.82) is 0 Å². The molecule has 1 aromatic heterocycles. The molecule has 63 heavy (non-hydrogen) atoms. The quantitative estimate of drug-likeness (QED) is 0.166. The van der Waals surface area contributed by atoms with Gasteiger partial charge in [-0.15, -0.1) is 0 Å². The van der Waals surface area contributed by atoms with Gasteiger partial charge in [-0.1, -0.05) is 112 Å². The highest BCUT2D eigenvalue weighted by Gasteiger charge is 2.40.